The minimum absolute atomic E-state index is 0.0780. The summed E-state index contributed by atoms with van der Waals surface area (Å²) in [5.41, 5.74) is 6.67. The van der Waals surface area contributed by atoms with Gasteiger partial charge in [0.15, 0.2) is 6.61 Å². The zero-order chi connectivity index (χ0) is 19.8. The molecule has 27 heavy (non-hydrogen) atoms. The highest BCUT2D eigenvalue weighted by molar-refractivity contribution is 5.85. The Kier molecular flexibility index (Phi) is 7.41. The zero-order valence-electron chi connectivity index (χ0n) is 16.7. The van der Waals surface area contributed by atoms with Gasteiger partial charge in [-0.1, -0.05) is 32.0 Å². The number of hydrazone groups is 1. The number of nitrogens with zero attached hydrogens (tertiary/aromatic N) is 1. The Morgan fingerprint density at radius 1 is 1.15 bits per heavy atom. The summed E-state index contributed by atoms with van der Waals surface area (Å²) < 4.78 is 11.0. The molecule has 5 heteroatoms. The zero-order valence-corrected chi connectivity index (χ0v) is 16.7. The molecule has 2 rings (SSSR count). The molecule has 1 N–H and O–H groups in total. The molecule has 1 atom stereocenters. The molecule has 0 aliphatic carbocycles. The highest BCUT2D eigenvalue weighted by atomic mass is 16.5. The van der Waals surface area contributed by atoms with E-state index in [0.717, 1.165) is 40.2 Å². The third kappa shape index (κ3) is 5.33. The second-order valence-corrected chi connectivity index (χ2v) is 6.54. The van der Waals surface area contributed by atoms with Crippen molar-refractivity contribution in [3.63, 3.8) is 0 Å². The van der Waals surface area contributed by atoms with Crippen molar-refractivity contribution in [1.82, 2.24) is 5.43 Å². The normalized spacial score (nSPS) is 12.0. The number of rotatable bonds is 8. The maximum absolute atomic E-state index is 12.0. The summed E-state index contributed by atoms with van der Waals surface area (Å²) in [6, 6.07) is 11.6. The number of amides is 1. The van der Waals surface area contributed by atoms with Crippen molar-refractivity contribution >= 4 is 12.1 Å². The van der Waals surface area contributed by atoms with Crippen LogP contribution in [0.5, 0.6) is 11.5 Å². The number of carbonyl (C=O) groups excluding carboxylic acids is 1. The summed E-state index contributed by atoms with van der Waals surface area (Å²) in [5.74, 6) is 1.66. The van der Waals surface area contributed by atoms with E-state index in [-0.39, 0.29) is 12.5 Å². The molecule has 0 aliphatic rings. The monoisotopic (exact) mass is 368 g/mol. The van der Waals surface area contributed by atoms with Gasteiger partial charge in [-0.25, -0.2) is 5.43 Å². The van der Waals surface area contributed by atoms with E-state index in [1.165, 1.54) is 0 Å². The van der Waals surface area contributed by atoms with Crippen LogP contribution in [0.25, 0.3) is 0 Å². The third-order valence-corrected chi connectivity index (χ3v) is 4.81. The van der Waals surface area contributed by atoms with Crippen molar-refractivity contribution in [3.05, 3.63) is 58.7 Å². The Hall–Kier alpha value is -2.82. The number of nitrogens with one attached hydrogen (secondary N) is 1. The summed E-state index contributed by atoms with van der Waals surface area (Å²) in [5, 5.41) is 4.04. The molecule has 0 saturated heterocycles. The molecule has 0 fully saturated rings. The molecular formula is C22H28N2O3. The summed E-state index contributed by atoms with van der Waals surface area (Å²) >= 11 is 0. The lowest BCUT2D eigenvalue weighted by atomic mass is 9.98. The van der Waals surface area contributed by atoms with Crippen molar-refractivity contribution in [1.29, 1.82) is 0 Å². The van der Waals surface area contributed by atoms with E-state index < -0.39 is 0 Å². The predicted octanol–water partition coefficient (Wildman–Crippen LogP) is 4.35. The maximum atomic E-state index is 12.0. The third-order valence-electron chi connectivity index (χ3n) is 4.81. The van der Waals surface area contributed by atoms with Gasteiger partial charge >= 0.3 is 0 Å². The number of hydrogen-bond acceptors (Lipinski definition) is 4. The van der Waals surface area contributed by atoms with Crippen molar-refractivity contribution in [2.45, 2.75) is 40.0 Å². The molecule has 0 radical (unpaired) electrons. The molecular weight excluding hydrogens is 340 g/mol. The van der Waals surface area contributed by atoms with Crippen LogP contribution in [0.3, 0.4) is 0 Å². The fraction of sp³-hybridized carbons (Fsp3) is 0.364. The number of hydrogen-bond donors (Lipinski definition) is 1. The predicted molar refractivity (Wildman–Crippen MR) is 109 cm³/mol. The van der Waals surface area contributed by atoms with Crippen LogP contribution in [0.1, 0.15) is 48.4 Å². The van der Waals surface area contributed by atoms with Gasteiger partial charge in [0, 0.05) is 0 Å². The van der Waals surface area contributed by atoms with Gasteiger partial charge in [-0.2, -0.15) is 5.10 Å². The fourth-order valence-electron chi connectivity index (χ4n) is 2.77. The quantitative estimate of drug-likeness (QED) is 0.556. The van der Waals surface area contributed by atoms with Crippen molar-refractivity contribution in [2.24, 2.45) is 5.10 Å². The maximum Gasteiger partial charge on any atom is 0.277 e. The van der Waals surface area contributed by atoms with Crippen LogP contribution in [-0.2, 0) is 4.79 Å². The largest absolute Gasteiger partial charge is 0.496 e. The minimum atomic E-state index is -0.298. The van der Waals surface area contributed by atoms with Gasteiger partial charge in [-0.05, 0) is 66.6 Å². The smallest absolute Gasteiger partial charge is 0.277 e. The molecule has 0 bridgehead atoms. The lowest BCUT2D eigenvalue weighted by Crippen LogP contribution is -2.25. The van der Waals surface area contributed by atoms with Crippen molar-refractivity contribution in [2.75, 3.05) is 13.7 Å². The first-order valence-corrected chi connectivity index (χ1v) is 9.15. The first kappa shape index (κ1) is 20.5. The first-order chi connectivity index (χ1) is 13.0. The van der Waals surface area contributed by atoms with E-state index in [2.05, 4.69) is 24.4 Å². The summed E-state index contributed by atoms with van der Waals surface area (Å²) in [6.45, 7) is 8.19. The molecule has 0 aliphatic heterocycles. The van der Waals surface area contributed by atoms with Crippen LogP contribution in [0.2, 0.25) is 0 Å². The molecule has 2 aromatic carbocycles. The molecule has 1 unspecified atom stereocenters. The summed E-state index contributed by atoms with van der Waals surface area (Å²) in [4.78, 5) is 12.0. The van der Waals surface area contributed by atoms with E-state index in [1.54, 1.807) is 13.3 Å². The van der Waals surface area contributed by atoms with Gasteiger partial charge < -0.3 is 9.47 Å². The van der Waals surface area contributed by atoms with E-state index in [9.17, 15) is 4.79 Å². The molecule has 0 heterocycles. The van der Waals surface area contributed by atoms with Gasteiger partial charge in [0.25, 0.3) is 5.91 Å². The molecule has 144 valence electrons. The molecule has 0 aromatic heterocycles. The Morgan fingerprint density at radius 2 is 1.89 bits per heavy atom. The Balaban J connectivity index is 1.94. The van der Waals surface area contributed by atoms with Crippen molar-refractivity contribution < 1.29 is 14.3 Å². The SMILES string of the molecule is CCC(C)c1ccccc1OCC(=O)N/N=C/c1ccc(OC)c(C)c1C. The summed E-state index contributed by atoms with van der Waals surface area (Å²) in [7, 11) is 1.65. The van der Waals surface area contributed by atoms with Crippen molar-refractivity contribution in [3.8, 4) is 11.5 Å². The lowest BCUT2D eigenvalue weighted by molar-refractivity contribution is -0.123. The average Bonchev–Trinajstić information content (AvgIpc) is 2.69. The highest BCUT2D eigenvalue weighted by Gasteiger charge is 2.11. The van der Waals surface area contributed by atoms with E-state index in [4.69, 9.17) is 9.47 Å². The Bertz CT molecular complexity index is 815. The second-order valence-electron chi connectivity index (χ2n) is 6.54. The van der Waals surface area contributed by atoms with Crippen LogP contribution in [0, 0.1) is 13.8 Å². The van der Waals surface area contributed by atoms with Crippen LogP contribution >= 0.6 is 0 Å². The minimum Gasteiger partial charge on any atom is -0.496 e. The molecule has 0 saturated carbocycles. The average molecular weight is 368 g/mol. The fourth-order valence-corrected chi connectivity index (χ4v) is 2.77. The van der Waals surface area contributed by atoms with Gasteiger partial charge in [0.1, 0.15) is 11.5 Å². The topological polar surface area (TPSA) is 59.9 Å². The summed E-state index contributed by atoms with van der Waals surface area (Å²) in [6.07, 6.45) is 2.64. The number of carbonyl (C=O) groups is 1. The van der Waals surface area contributed by atoms with Gasteiger partial charge in [0.05, 0.1) is 13.3 Å². The number of benzene rings is 2. The first-order valence-electron chi connectivity index (χ1n) is 9.15. The number of para-hydroxylation sites is 1. The van der Waals surface area contributed by atoms with E-state index >= 15 is 0 Å². The number of ether oxygens (including phenoxy) is 2. The van der Waals surface area contributed by atoms with E-state index in [0.29, 0.717) is 5.92 Å². The van der Waals surface area contributed by atoms with Gasteiger partial charge in [0.2, 0.25) is 0 Å². The molecule has 5 nitrogen and oxygen atoms in total. The van der Waals surface area contributed by atoms with Crippen LogP contribution in [-0.4, -0.2) is 25.8 Å². The Labute approximate surface area is 161 Å². The second kappa shape index (κ2) is 9.76. The van der Waals surface area contributed by atoms with Gasteiger partial charge in [-0.3, -0.25) is 4.79 Å². The highest BCUT2D eigenvalue weighted by Crippen LogP contribution is 2.28. The molecule has 1 amide bonds. The van der Waals surface area contributed by atoms with Crippen LogP contribution < -0.4 is 14.9 Å². The van der Waals surface area contributed by atoms with Gasteiger partial charge in [-0.15, -0.1) is 0 Å². The Morgan fingerprint density at radius 3 is 2.59 bits per heavy atom. The van der Waals surface area contributed by atoms with Crippen LogP contribution in [0.15, 0.2) is 41.5 Å². The van der Waals surface area contributed by atoms with Crippen LogP contribution in [0.4, 0.5) is 0 Å². The lowest BCUT2D eigenvalue weighted by Gasteiger charge is -2.15. The van der Waals surface area contributed by atoms with E-state index in [1.807, 2.05) is 50.2 Å². The molecule has 2 aromatic rings. The standard InChI is InChI=1S/C22H28N2O3/c1-6-15(2)19-9-7-8-10-21(19)27-14-22(25)24-23-13-18-11-12-20(26-5)17(4)16(18)3/h7-13,15H,6,14H2,1-5H3,(H,24,25)/b23-13+. The molecule has 0 spiro atoms. The number of methoxy groups -OCH3 is 1.